The van der Waals surface area contributed by atoms with E-state index in [4.69, 9.17) is 0 Å². The Labute approximate surface area is 102 Å². The molecule has 0 aliphatic rings. The predicted octanol–water partition coefficient (Wildman–Crippen LogP) is 1.70. The highest BCUT2D eigenvalue weighted by Gasteiger charge is 2.05. The summed E-state index contributed by atoms with van der Waals surface area (Å²) < 4.78 is 13.0. The summed E-state index contributed by atoms with van der Waals surface area (Å²) in [6.45, 7) is 5.25. The van der Waals surface area contributed by atoms with Crippen LogP contribution in [0.25, 0.3) is 0 Å². The molecule has 0 heterocycles. The van der Waals surface area contributed by atoms with E-state index in [1.54, 1.807) is 31.0 Å². The molecular formula is C13H19FN2O. The molecule has 0 aromatic heterocycles. The lowest BCUT2D eigenvalue weighted by atomic mass is 10.1. The maximum absolute atomic E-state index is 13.0. The molecule has 0 atom stereocenters. The third-order valence-corrected chi connectivity index (χ3v) is 2.73. The van der Waals surface area contributed by atoms with Crippen molar-refractivity contribution >= 4 is 5.91 Å². The topological polar surface area (TPSA) is 32.3 Å². The molecule has 0 aliphatic carbocycles. The lowest BCUT2D eigenvalue weighted by Gasteiger charge is -2.14. The second-order valence-electron chi connectivity index (χ2n) is 4.10. The normalized spacial score (nSPS) is 10.4. The van der Waals surface area contributed by atoms with Gasteiger partial charge in [-0.15, -0.1) is 0 Å². The lowest BCUT2D eigenvalue weighted by Crippen LogP contribution is -2.35. The minimum absolute atomic E-state index is 0.0614. The Morgan fingerprint density at radius 2 is 2.18 bits per heavy atom. The SMILES string of the molecule is CCN(C)C(=O)CNCc1ccc(F)c(C)c1. The van der Waals surface area contributed by atoms with Gasteiger partial charge in [-0.2, -0.15) is 0 Å². The molecule has 4 heteroatoms. The fourth-order valence-corrected chi connectivity index (χ4v) is 1.44. The highest BCUT2D eigenvalue weighted by molar-refractivity contribution is 5.77. The fraction of sp³-hybridized carbons (Fsp3) is 0.462. The van der Waals surface area contributed by atoms with Crippen LogP contribution in [0.1, 0.15) is 18.1 Å². The average Bonchev–Trinajstić information content (AvgIpc) is 2.32. The van der Waals surface area contributed by atoms with Crippen LogP contribution >= 0.6 is 0 Å². The van der Waals surface area contributed by atoms with Crippen molar-refractivity contribution in [1.82, 2.24) is 10.2 Å². The van der Waals surface area contributed by atoms with Crippen molar-refractivity contribution in [1.29, 1.82) is 0 Å². The van der Waals surface area contributed by atoms with Crippen molar-refractivity contribution in [3.8, 4) is 0 Å². The molecule has 17 heavy (non-hydrogen) atoms. The minimum Gasteiger partial charge on any atom is -0.345 e. The van der Waals surface area contributed by atoms with Crippen molar-refractivity contribution in [3.63, 3.8) is 0 Å². The van der Waals surface area contributed by atoms with Crippen LogP contribution in [0.15, 0.2) is 18.2 Å². The number of carbonyl (C=O) groups excluding carboxylic acids is 1. The monoisotopic (exact) mass is 238 g/mol. The van der Waals surface area contributed by atoms with E-state index >= 15 is 0 Å². The second-order valence-corrected chi connectivity index (χ2v) is 4.10. The third kappa shape index (κ3) is 4.15. The second kappa shape index (κ2) is 6.35. The van der Waals surface area contributed by atoms with Crippen LogP contribution in [-0.2, 0) is 11.3 Å². The van der Waals surface area contributed by atoms with Crippen LogP contribution in [0, 0.1) is 12.7 Å². The molecule has 0 radical (unpaired) electrons. The zero-order valence-electron chi connectivity index (χ0n) is 10.6. The molecule has 0 bridgehead atoms. The van der Waals surface area contributed by atoms with E-state index in [1.165, 1.54) is 6.07 Å². The van der Waals surface area contributed by atoms with Crippen LogP contribution in [0.2, 0.25) is 0 Å². The predicted molar refractivity (Wildman–Crippen MR) is 66.2 cm³/mol. The molecule has 0 unspecified atom stereocenters. The van der Waals surface area contributed by atoms with Gasteiger partial charge in [0.1, 0.15) is 5.82 Å². The van der Waals surface area contributed by atoms with E-state index in [9.17, 15) is 9.18 Å². The summed E-state index contributed by atoms with van der Waals surface area (Å²) in [5, 5.41) is 3.05. The van der Waals surface area contributed by atoms with Crippen LogP contribution in [0.5, 0.6) is 0 Å². The van der Waals surface area contributed by atoms with Gasteiger partial charge in [-0.3, -0.25) is 4.79 Å². The van der Waals surface area contributed by atoms with Gasteiger partial charge in [-0.05, 0) is 31.0 Å². The molecule has 0 saturated heterocycles. The van der Waals surface area contributed by atoms with Gasteiger partial charge in [-0.25, -0.2) is 4.39 Å². The largest absolute Gasteiger partial charge is 0.345 e. The number of hydrogen-bond donors (Lipinski definition) is 1. The van der Waals surface area contributed by atoms with Crippen LogP contribution in [0.4, 0.5) is 4.39 Å². The van der Waals surface area contributed by atoms with E-state index in [-0.39, 0.29) is 11.7 Å². The maximum Gasteiger partial charge on any atom is 0.236 e. The maximum atomic E-state index is 13.0. The summed E-state index contributed by atoms with van der Waals surface area (Å²) in [6.07, 6.45) is 0. The third-order valence-electron chi connectivity index (χ3n) is 2.73. The number of benzene rings is 1. The number of rotatable bonds is 5. The van der Waals surface area contributed by atoms with Gasteiger partial charge in [-0.1, -0.05) is 12.1 Å². The number of halogens is 1. The smallest absolute Gasteiger partial charge is 0.236 e. The first-order chi connectivity index (χ1) is 8.04. The van der Waals surface area contributed by atoms with Gasteiger partial charge in [0.05, 0.1) is 6.54 Å². The molecule has 1 N–H and O–H groups in total. The number of hydrogen-bond acceptors (Lipinski definition) is 2. The Morgan fingerprint density at radius 1 is 1.47 bits per heavy atom. The van der Waals surface area contributed by atoms with Gasteiger partial charge < -0.3 is 10.2 Å². The van der Waals surface area contributed by atoms with Crippen LogP contribution < -0.4 is 5.32 Å². The standard InChI is InChI=1S/C13H19FN2O/c1-4-16(3)13(17)9-15-8-11-5-6-12(14)10(2)7-11/h5-7,15H,4,8-9H2,1-3H3. The molecule has 94 valence electrons. The molecule has 0 aliphatic heterocycles. The number of nitrogens with zero attached hydrogens (tertiary/aromatic N) is 1. The highest BCUT2D eigenvalue weighted by atomic mass is 19.1. The highest BCUT2D eigenvalue weighted by Crippen LogP contribution is 2.08. The first-order valence-electron chi connectivity index (χ1n) is 5.74. The molecular weight excluding hydrogens is 219 g/mol. The van der Waals surface area contributed by atoms with Crippen molar-refractivity contribution < 1.29 is 9.18 Å². The molecule has 1 amide bonds. The Morgan fingerprint density at radius 3 is 2.76 bits per heavy atom. The van der Waals surface area contributed by atoms with Gasteiger partial charge in [0.25, 0.3) is 0 Å². The van der Waals surface area contributed by atoms with E-state index in [1.807, 2.05) is 6.92 Å². The van der Waals surface area contributed by atoms with E-state index < -0.39 is 0 Å². The summed E-state index contributed by atoms with van der Waals surface area (Å²) in [7, 11) is 1.77. The van der Waals surface area contributed by atoms with Crippen LogP contribution in [-0.4, -0.2) is 30.9 Å². The fourth-order valence-electron chi connectivity index (χ4n) is 1.44. The van der Waals surface area contributed by atoms with Crippen LogP contribution in [0.3, 0.4) is 0 Å². The van der Waals surface area contributed by atoms with Gasteiger partial charge in [0.2, 0.25) is 5.91 Å². The summed E-state index contributed by atoms with van der Waals surface area (Å²) in [6, 6.07) is 4.96. The summed E-state index contributed by atoms with van der Waals surface area (Å²) in [5.41, 5.74) is 1.61. The Kier molecular flexibility index (Phi) is 5.10. The molecule has 0 spiro atoms. The number of carbonyl (C=O) groups is 1. The summed E-state index contributed by atoms with van der Waals surface area (Å²) >= 11 is 0. The van der Waals surface area contributed by atoms with Gasteiger partial charge >= 0.3 is 0 Å². The first kappa shape index (κ1) is 13.6. The summed E-state index contributed by atoms with van der Waals surface area (Å²) in [5.74, 6) is -0.137. The average molecular weight is 238 g/mol. The summed E-state index contributed by atoms with van der Waals surface area (Å²) in [4.78, 5) is 13.1. The Balaban J connectivity index is 2.41. The minimum atomic E-state index is -0.199. The van der Waals surface area contributed by atoms with E-state index in [2.05, 4.69) is 5.32 Å². The zero-order valence-corrected chi connectivity index (χ0v) is 10.6. The molecule has 0 saturated carbocycles. The van der Waals surface area contributed by atoms with E-state index in [0.717, 1.165) is 5.56 Å². The molecule has 3 nitrogen and oxygen atoms in total. The molecule has 1 rings (SSSR count). The van der Waals surface area contributed by atoms with Crippen molar-refractivity contribution in [2.75, 3.05) is 20.1 Å². The lowest BCUT2D eigenvalue weighted by molar-refractivity contribution is -0.128. The number of aryl methyl sites for hydroxylation is 1. The zero-order chi connectivity index (χ0) is 12.8. The number of likely N-dealkylation sites (N-methyl/N-ethyl adjacent to an activating group) is 1. The number of nitrogens with one attached hydrogen (secondary N) is 1. The number of amides is 1. The molecule has 0 fully saturated rings. The quantitative estimate of drug-likeness (QED) is 0.847. The van der Waals surface area contributed by atoms with Gasteiger partial charge in [0.15, 0.2) is 0 Å². The first-order valence-corrected chi connectivity index (χ1v) is 5.74. The Bertz CT molecular complexity index is 393. The Hall–Kier alpha value is -1.42. The van der Waals surface area contributed by atoms with Gasteiger partial charge in [0, 0.05) is 20.1 Å². The van der Waals surface area contributed by atoms with Crippen molar-refractivity contribution in [2.45, 2.75) is 20.4 Å². The molecule has 1 aromatic rings. The van der Waals surface area contributed by atoms with Crippen molar-refractivity contribution in [2.24, 2.45) is 0 Å². The molecule has 1 aromatic carbocycles. The van der Waals surface area contributed by atoms with E-state index in [0.29, 0.717) is 25.2 Å². The van der Waals surface area contributed by atoms with Crippen molar-refractivity contribution in [3.05, 3.63) is 35.1 Å².